The normalized spacial score (nSPS) is 10.8. The molecule has 8 heteroatoms. The Morgan fingerprint density at radius 2 is 1.90 bits per heavy atom. The largest absolute Gasteiger partial charge is 0.491 e. The van der Waals surface area contributed by atoms with Crippen molar-refractivity contribution < 1.29 is 9.53 Å². The monoisotopic (exact) mass is 407 g/mol. The molecule has 1 aromatic carbocycles. The van der Waals surface area contributed by atoms with Crippen molar-refractivity contribution in [3.63, 3.8) is 0 Å². The highest BCUT2D eigenvalue weighted by molar-refractivity contribution is 5.76. The molecule has 3 rings (SSSR count). The van der Waals surface area contributed by atoms with Gasteiger partial charge in [-0.25, -0.2) is 0 Å². The maximum Gasteiger partial charge on any atom is 0.273 e. The molecule has 8 nitrogen and oxygen atoms in total. The molecule has 0 aliphatic rings. The van der Waals surface area contributed by atoms with Gasteiger partial charge in [0, 0.05) is 43.3 Å². The van der Waals surface area contributed by atoms with E-state index >= 15 is 0 Å². The highest BCUT2D eigenvalue weighted by Gasteiger charge is 2.10. The molecule has 156 valence electrons. The zero-order valence-electron chi connectivity index (χ0n) is 17.1. The molecule has 0 bridgehead atoms. The molecule has 0 aliphatic carbocycles. The number of nitrogens with zero attached hydrogens (tertiary/aromatic N) is 3. The van der Waals surface area contributed by atoms with Crippen LogP contribution in [0.4, 0.5) is 0 Å². The zero-order valence-corrected chi connectivity index (χ0v) is 17.1. The van der Waals surface area contributed by atoms with Crippen LogP contribution in [0.1, 0.15) is 31.7 Å². The van der Waals surface area contributed by atoms with Crippen LogP contribution < -0.4 is 15.6 Å². The highest BCUT2D eigenvalue weighted by Crippen LogP contribution is 2.19. The van der Waals surface area contributed by atoms with Gasteiger partial charge in [0.2, 0.25) is 5.91 Å². The molecule has 0 spiro atoms. The molecule has 0 aliphatic heterocycles. The summed E-state index contributed by atoms with van der Waals surface area (Å²) < 4.78 is 5.61. The Morgan fingerprint density at radius 3 is 2.57 bits per heavy atom. The second-order valence-corrected chi connectivity index (χ2v) is 7.06. The quantitative estimate of drug-likeness (QED) is 0.563. The van der Waals surface area contributed by atoms with Crippen molar-refractivity contribution in [3.05, 3.63) is 70.4 Å². The summed E-state index contributed by atoms with van der Waals surface area (Å²) >= 11 is 0. The first kappa shape index (κ1) is 21.2. The second-order valence-electron chi connectivity index (χ2n) is 7.06. The summed E-state index contributed by atoms with van der Waals surface area (Å²) in [6.45, 7) is 4.40. The smallest absolute Gasteiger partial charge is 0.273 e. The second kappa shape index (κ2) is 10.3. The minimum Gasteiger partial charge on any atom is -0.491 e. The van der Waals surface area contributed by atoms with Crippen molar-refractivity contribution in [2.75, 3.05) is 6.54 Å². The fourth-order valence-corrected chi connectivity index (χ4v) is 2.81. The number of ether oxygens (including phenoxy) is 1. The minimum atomic E-state index is -0.344. The van der Waals surface area contributed by atoms with Gasteiger partial charge in [-0.15, -0.1) is 10.2 Å². The van der Waals surface area contributed by atoms with E-state index in [9.17, 15) is 9.59 Å². The lowest BCUT2D eigenvalue weighted by molar-refractivity contribution is -0.121. The molecule has 2 N–H and O–H groups in total. The van der Waals surface area contributed by atoms with Gasteiger partial charge in [-0.05, 0) is 50.2 Å². The van der Waals surface area contributed by atoms with E-state index in [0.717, 1.165) is 17.0 Å². The van der Waals surface area contributed by atoms with Crippen LogP contribution in [0.15, 0.2) is 53.5 Å². The predicted molar refractivity (Wildman–Crippen MR) is 113 cm³/mol. The van der Waals surface area contributed by atoms with E-state index in [1.165, 1.54) is 0 Å². The first-order valence-corrected chi connectivity index (χ1v) is 9.91. The number of H-pyrrole nitrogens is 1. The van der Waals surface area contributed by atoms with Gasteiger partial charge in [0.05, 0.1) is 6.10 Å². The van der Waals surface area contributed by atoms with E-state index in [4.69, 9.17) is 4.74 Å². The van der Waals surface area contributed by atoms with E-state index < -0.39 is 0 Å². The highest BCUT2D eigenvalue weighted by atomic mass is 16.5. The number of hydrogen-bond donors (Lipinski definition) is 2. The van der Waals surface area contributed by atoms with Gasteiger partial charge in [0.25, 0.3) is 5.56 Å². The maximum absolute atomic E-state index is 12.3. The van der Waals surface area contributed by atoms with E-state index in [-0.39, 0.29) is 36.1 Å². The van der Waals surface area contributed by atoms with Crippen LogP contribution in [0.3, 0.4) is 0 Å². The number of pyridine rings is 1. The molecule has 0 saturated heterocycles. The fourth-order valence-electron chi connectivity index (χ4n) is 2.81. The molecule has 1 amide bonds. The molecule has 0 fully saturated rings. The Balaban J connectivity index is 1.51. The summed E-state index contributed by atoms with van der Waals surface area (Å²) in [6, 6.07) is 12.9. The average Bonchev–Trinajstić information content (AvgIpc) is 2.74. The van der Waals surface area contributed by atoms with Gasteiger partial charge in [-0.2, -0.15) is 0 Å². The van der Waals surface area contributed by atoms with E-state index in [2.05, 4.69) is 25.5 Å². The van der Waals surface area contributed by atoms with Gasteiger partial charge in [0.1, 0.15) is 11.4 Å². The Morgan fingerprint density at radius 1 is 1.10 bits per heavy atom. The topological polar surface area (TPSA) is 110 Å². The number of benzene rings is 1. The lowest BCUT2D eigenvalue weighted by Gasteiger charge is -2.09. The molecule has 30 heavy (non-hydrogen) atoms. The van der Waals surface area contributed by atoms with E-state index in [0.29, 0.717) is 18.8 Å². The van der Waals surface area contributed by atoms with E-state index in [1.807, 2.05) is 56.3 Å². The Labute approximate surface area is 174 Å². The third-order valence-electron chi connectivity index (χ3n) is 4.28. The molecule has 0 radical (unpaired) electrons. The minimum absolute atomic E-state index is 0.0851. The molecular weight excluding hydrogens is 382 g/mol. The van der Waals surface area contributed by atoms with Gasteiger partial charge in [-0.1, -0.05) is 6.07 Å². The van der Waals surface area contributed by atoms with Crippen LogP contribution in [-0.4, -0.2) is 38.7 Å². The Bertz CT molecular complexity index is 1020. The number of aryl methyl sites for hydroxylation is 1. The van der Waals surface area contributed by atoms with Crippen LogP contribution in [0.2, 0.25) is 0 Å². The molecule has 0 atom stereocenters. The third kappa shape index (κ3) is 6.23. The van der Waals surface area contributed by atoms with Gasteiger partial charge >= 0.3 is 0 Å². The number of carbonyl (C=O) groups excluding carboxylic acids is 1. The predicted octanol–water partition coefficient (Wildman–Crippen LogP) is 2.31. The number of nitrogens with one attached hydrogen (secondary N) is 2. The van der Waals surface area contributed by atoms with E-state index in [1.54, 1.807) is 6.20 Å². The number of hydrogen-bond acceptors (Lipinski definition) is 6. The van der Waals surface area contributed by atoms with Crippen molar-refractivity contribution in [3.8, 4) is 17.1 Å². The molecule has 0 saturated carbocycles. The van der Waals surface area contributed by atoms with Crippen LogP contribution in [-0.2, 0) is 17.6 Å². The summed E-state index contributed by atoms with van der Waals surface area (Å²) in [5.74, 6) is 0.978. The van der Waals surface area contributed by atoms with Crippen molar-refractivity contribution in [1.82, 2.24) is 25.5 Å². The first-order valence-electron chi connectivity index (χ1n) is 9.91. The van der Waals surface area contributed by atoms with Crippen LogP contribution >= 0.6 is 0 Å². The third-order valence-corrected chi connectivity index (χ3v) is 4.28. The van der Waals surface area contributed by atoms with Crippen LogP contribution in [0.5, 0.6) is 5.75 Å². The maximum atomic E-state index is 12.3. The Hall–Kier alpha value is -3.55. The number of carbonyl (C=O) groups is 1. The average molecular weight is 407 g/mol. The fraction of sp³-hybridized carbons (Fsp3) is 0.318. The SMILES string of the molecule is CC(C)Oc1ccc(-c2nnc(CCC(=O)NCCc3ccccn3)c(=O)[nH]2)cc1. The summed E-state index contributed by atoms with van der Waals surface area (Å²) in [5.41, 5.74) is 1.54. The Kier molecular flexibility index (Phi) is 7.26. The summed E-state index contributed by atoms with van der Waals surface area (Å²) in [6.07, 6.45) is 2.85. The summed E-state index contributed by atoms with van der Waals surface area (Å²) in [4.78, 5) is 31.3. The van der Waals surface area contributed by atoms with Gasteiger partial charge in [0.15, 0.2) is 5.82 Å². The zero-order chi connectivity index (χ0) is 21.3. The van der Waals surface area contributed by atoms with Crippen LogP contribution in [0, 0.1) is 0 Å². The van der Waals surface area contributed by atoms with Crippen molar-refractivity contribution in [2.24, 2.45) is 0 Å². The summed E-state index contributed by atoms with van der Waals surface area (Å²) in [5, 5.41) is 10.9. The lowest BCUT2D eigenvalue weighted by Crippen LogP contribution is -2.27. The standard InChI is InChI=1S/C22H25N5O3/c1-15(2)30-18-8-6-16(7-9-18)21-25-22(29)19(26-27-21)10-11-20(28)24-14-12-17-5-3-4-13-23-17/h3-9,13,15H,10-12,14H2,1-2H3,(H,24,28)(H,25,27,29). The molecule has 2 heterocycles. The van der Waals surface area contributed by atoms with Crippen molar-refractivity contribution in [1.29, 1.82) is 0 Å². The molecule has 3 aromatic rings. The van der Waals surface area contributed by atoms with Crippen molar-refractivity contribution >= 4 is 5.91 Å². The number of amides is 1. The van der Waals surface area contributed by atoms with Crippen molar-refractivity contribution in [2.45, 2.75) is 39.2 Å². The lowest BCUT2D eigenvalue weighted by atomic mass is 10.2. The number of rotatable bonds is 9. The van der Waals surface area contributed by atoms with Gasteiger partial charge in [-0.3, -0.25) is 14.6 Å². The number of aromatic nitrogens is 4. The van der Waals surface area contributed by atoms with Gasteiger partial charge < -0.3 is 15.0 Å². The molecule has 0 unspecified atom stereocenters. The molecule has 2 aromatic heterocycles. The molecular formula is C22H25N5O3. The number of aromatic amines is 1. The van der Waals surface area contributed by atoms with Crippen LogP contribution in [0.25, 0.3) is 11.4 Å². The summed E-state index contributed by atoms with van der Waals surface area (Å²) in [7, 11) is 0. The first-order chi connectivity index (χ1) is 14.5.